The van der Waals surface area contributed by atoms with Gasteiger partial charge in [0.2, 0.25) is 0 Å². The molecule has 0 saturated carbocycles. The molecular weight excluding hydrogens is 292 g/mol. The molecule has 5 heteroatoms. The summed E-state index contributed by atoms with van der Waals surface area (Å²) in [6.07, 6.45) is 0. The zero-order chi connectivity index (χ0) is 2.71. The molecule has 41 valence electrons. The molecule has 0 spiro atoms. The molecule has 0 atom stereocenters. The summed E-state index contributed by atoms with van der Waals surface area (Å²) in [5.41, 5.74) is 0. The Balaban J connectivity index is -0.0000000200. The fraction of sp³-hybridized carbons (Fsp3) is 0. The zero-order valence-corrected chi connectivity index (χ0v) is 6.97. The standard InChI is InChI=1S/2ClH.Co.Fe.Pd/h2*1H;;;/q;;;;+2/p-2. The molecule has 0 aliphatic heterocycles. The largest absolute Gasteiger partial charge is 0 e. The third-order valence-electron chi connectivity index (χ3n) is 0. The van der Waals surface area contributed by atoms with E-state index in [2.05, 4.69) is 0 Å². The van der Waals surface area contributed by atoms with Gasteiger partial charge in [0.05, 0.1) is 0 Å². The molecule has 0 amide bonds. The molecular formula is Cl2CoFePd. The predicted octanol–water partition coefficient (Wildman–Crippen LogP) is 1.37. The third kappa shape index (κ3) is 22.2. The van der Waals surface area contributed by atoms with Gasteiger partial charge in [-0.2, -0.15) is 0 Å². The molecule has 0 fully saturated rings. The number of hydrogen-bond acceptors (Lipinski definition) is 0. The van der Waals surface area contributed by atoms with Crippen LogP contribution in [0.5, 0.6) is 0 Å². The molecule has 0 heterocycles. The smallest absolute Gasteiger partial charge is 0 e. The van der Waals surface area contributed by atoms with E-state index in [0.29, 0.717) is 0 Å². The molecule has 0 aliphatic rings. The van der Waals surface area contributed by atoms with Gasteiger partial charge >= 0.3 is 35.0 Å². The summed E-state index contributed by atoms with van der Waals surface area (Å²) < 4.78 is 0. The maximum Gasteiger partial charge on any atom is 0 e. The van der Waals surface area contributed by atoms with E-state index in [-0.39, 0.29) is 49.8 Å². The molecule has 0 saturated heterocycles. The fourth-order valence-electron chi connectivity index (χ4n) is 0. The maximum absolute atomic E-state index is 4.81. The van der Waals surface area contributed by atoms with Gasteiger partial charge in [-0.25, -0.2) is 0 Å². The van der Waals surface area contributed by atoms with Crippen LogP contribution in [-0.4, -0.2) is 0 Å². The Bertz CT molecular complexity index is 9.61. The Morgan fingerprint density at radius 3 is 1.20 bits per heavy atom. The van der Waals surface area contributed by atoms with Gasteiger partial charge in [0, 0.05) is 33.8 Å². The second-order valence-electron chi connectivity index (χ2n) is 0.0452. The van der Waals surface area contributed by atoms with Crippen LogP contribution in [0.15, 0.2) is 0 Å². The second-order valence-corrected chi connectivity index (χ2v) is 2.41. The molecule has 5 heavy (non-hydrogen) atoms. The minimum absolute atomic E-state index is 0. The maximum atomic E-state index is 4.81. The van der Waals surface area contributed by atoms with Gasteiger partial charge in [0.15, 0.2) is 0 Å². The molecule has 0 nitrogen and oxygen atoms in total. The number of rotatable bonds is 0. The van der Waals surface area contributed by atoms with E-state index < -0.39 is 0 Å². The van der Waals surface area contributed by atoms with Crippen LogP contribution >= 0.6 is 19.1 Å². The Morgan fingerprint density at radius 1 is 1.20 bits per heavy atom. The molecule has 0 aromatic rings. The van der Waals surface area contributed by atoms with Crippen LogP contribution < -0.4 is 0 Å². The van der Waals surface area contributed by atoms with Crippen molar-refractivity contribution in [2.45, 2.75) is 0 Å². The number of hydrogen-bond donors (Lipinski definition) is 0. The van der Waals surface area contributed by atoms with Crippen molar-refractivity contribution in [2.75, 3.05) is 0 Å². The summed E-state index contributed by atoms with van der Waals surface area (Å²) >= 11 is -0.106. The first-order valence-electron chi connectivity index (χ1n) is 0.239. The van der Waals surface area contributed by atoms with Gasteiger partial charge in [-0.15, -0.1) is 0 Å². The normalized spacial score (nSPS) is 4.40. The first kappa shape index (κ1) is 15.7. The van der Waals surface area contributed by atoms with Crippen molar-refractivity contribution in [1.29, 1.82) is 0 Å². The first-order valence-corrected chi connectivity index (χ1v) is 4.24. The van der Waals surface area contributed by atoms with Crippen molar-refractivity contribution in [3.63, 3.8) is 0 Å². The summed E-state index contributed by atoms with van der Waals surface area (Å²) in [4.78, 5) is 0. The molecule has 0 bridgehead atoms. The predicted molar refractivity (Wildman–Crippen MR) is 11.7 cm³/mol. The molecule has 1 radical (unpaired) electrons. The van der Waals surface area contributed by atoms with E-state index in [1.165, 1.54) is 0 Å². The van der Waals surface area contributed by atoms with Crippen LogP contribution in [-0.2, 0) is 49.8 Å². The quantitative estimate of drug-likeness (QED) is 0.592. The van der Waals surface area contributed by atoms with Gasteiger partial charge in [0.1, 0.15) is 0 Å². The summed E-state index contributed by atoms with van der Waals surface area (Å²) in [7, 11) is 9.63. The van der Waals surface area contributed by atoms with Gasteiger partial charge < -0.3 is 0 Å². The molecule has 0 aromatic carbocycles. The van der Waals surface area contributed by atoms with E-state index in [4.69, 9.17) is 19.1 Å². The van der Waals surface area contributed by atoms with Crippen molar-refractivity contribution in [1.82, 2.24) is 0 Å². The second kappa shape index (κ2) is 16.3. The molecule has 0 aliphatic carbocycles. The van der Waals surface area contributed by atoms with Crippen molar-refractivity contribution >= 4 is 19.1 Å². The Kier molecular flexibility index (Phi) is 51.1. The van der Waals surface area contributed by atoms with E-state index >= 15 is 0 Å². The SMILES string of the molecule is [Cl][Pd][Cl].[Co].[Fe]. The van der Waals surface area contributed by atoms with E-state index in [0.717, 1.165) is 0 Å². The Hall–Kier alpha value is 2.27. The van der Waals surface area contributed by atoms with Crippen LogP contribution in [0.1, 0.15) is 0 Å². The summed E-state index contributed by atoms with van der Waals surface area (Å²) in [5.74, 6) is 0. The summed E-state index contributed by atoms with van der Waals surface area (Å²) in [6, 6.07) is 0. The molecule has 0 rings (SSSR count). The van der Waals surface area contributed by atoms with Crippen LogP contribution in [0.4, 0.5) is 0 Å². The van der Waals surface area contributed by atoms with E-state index in [9.17, 15) is 0 Å². The van der Waals surface area contributed by atoms with Crippen molar-refractivity contribution in [2.24, 2.45) is 0 Å². The summed E-state index contributed by atoms with van der Waals surface area (Å²) in [5, 5.41) is 0. The molecule has 0 aromatic heterocycles. The van der Waals surface area contributed by atoms with Crippen LogP contribution in [0.25, 0.3) is 0 Å². The fourth-order valence-corrected chi connectivity index (χ4v) is 0. The first-order chi connectivity index (χ1) is 1.41. The Labute approximate surface area is 68.1 Å². The minimum atomic E-state index is -0.106. The van der Waals surface area contributed by atoms with Crippen molar-refractivity contribution in [3.05, 3.63) is 0 Å². The Morgan fingerprint density at radius 2 is 1.20 bits per heavy atom. The molecule has 0 N–H and O–H groups in total. The van der Waals surface area contributed by atoms with Gasteiger partial charge in [-0.1, -0.05) is 0 Å². The molecule has 0 unspecified atom stereocenters. The van der Waals surface area contributed by atoms with Crippen molar-refractivity contribution < 1.29 is 49.8 Å². The van der Waals surface area contributed by atoms with Crippen LogP contribution in [0.2, 0.25) is 0 Å². The number of halogens is 2. The average molecular weight is 292 g/mol. The average Bonchev–Trinajstić information content (AvgIpc) is 0.918. The monoisotopic (exact) mass is 291 g/mol. The van der Waals surface area contributed by atoms with Crippen LogP contribution in [0, 0.1) is 0 Å². The topological polar surface area (TPSA) is 0 Å². The van der Waals surface area contributed by atoms with E-state index in [1.54, 1.807) is 0 Å². The van der Waals surface area contributed by atoms with Gasteiger partial charge in [-0.3, -0.25) is 0 Å². The van der Waals surface area contributed by atoms with Gasteiger partial charge in [-0.05, 0) is 0 Å². The summed E-state index contributed by atoms with van der Waals surface area (Å²) in [6.45, 7) is 0. The van der Waals surface area contributed by atoms with Gasteiger partial charge in [0.25, 0.3) is 0 Å². The minimum Gasteiger partial charge on any atom is 0 e. The van der Waals surface area contributed by atoms with E-state index in [1.807, 2.05) is 0 Å². The van der Waals surface area contributed by atoms with Crippen LogP contribution in [0.3, 0.4) is 0 Å². The third-order valence-corrected chi connectivity index (χ3v) is 0. The van der Waals surface area contributed by atoms with Crippen molar-refractivity contribution in [3.8, 4) is 0 Å². The zero-order valence-electron chi connectivity index (χ0n) is 1.76.